The maximum Gasteiger partial charge on any atom is 0.217 e. The van der Waals surface area contributed by atoms with Crippen LogP contribution in [0.25, 0.3) is 27.4 Å². The molecule has 0 radical (unpaired) electrons. The molecule has 6 heterocycles. The normalized spacial score (nSPS) is 27.8. The van der Waals surface area contributed by atoms with E-state index in [4.69, 9.17) is 9.72 Å². The molecule has 214 valence electrons. The molecule has 4 aliphatic rings. The number of aromatic nitrogens is 2. The molecule has 7 nitrogen and oxygen atoms in total. The molecule has 0 saturated carbocycles. The van der Waals surface area contributed by atoms with Gasteiger partial charge in [0, 0.05) is 67.2 Å². The molecule has 2 aromatic heterocycles. The van der Waals surface area contributed by atoms with Gasteiger partial charge < -0.3 is 24.6 Å². The quantitative estimate of drug-likeness (QED) is 0.354. The number of nitrogens with one attached hydrogen (secondary N) is 1. The van der Waals surface area contributed by atoms with Crippen molar-refractivity contribution in [1.29, 1.82) is 0 Å². The Hall–Kier alpha value is -3.50. The average Bonchev–Trinajstić information content (AvgIpc) is 3.70. The number of pyridine rings is 1. The van der Waals surface area contributed by atoms with Gasteiger partial charge in [-0.15, -0.1) is 0 Å². The second kappa shape index (κ2) is 9.25. The molecule has 0 amide bonds. The van der Waals surface area contributed by atoms with Crippen LogP contribution in [0, 0.1) is 11.6 Å². The van der Waals surface area contributed by atoms with Crippen LogP contribution in [0.15, 0.2) is 42.6 Å². The number of rotatable bonds is 5. The molecule has 2 N–H and O–H groups in total. The number of halogens is 3. The van der Waals surface area contributed by atoms with E-state index in [1.165, 1.54) is 18.2 Å². The largest absolute Gasteiger partial charge is 0.508 e. The molecular formula is C31H32F3N5O2. The van der Waals surface area contributed by atoms with Crippen LogP contribution in [0.2, 0.25) is 0 Å². The predicted molar refractivity (Wildman–Crippen MR) is 151 cm³/mol. The molecule has 2 aromatic carbocycles. The second-order valence-electron chi connectivity index (χ2n) is 12.2. The van der Waals surface area contributed by atoms with E-state index in [2.05, 4.69) is 15.1 Å². The van der Waals surface area contributed by atoms with E-state index >= 15 is 4.39 Å². The lowest BCUT2D eigenvalue weighted by Crippen LogP contribution is -2.51. The first kappa shape index (κ1) is 25.2. The first-order valence-electron chi connectivity index (χ1n) is 14.5. The van der Waals surface area contributed by atoms with E-state index in [1.807, 2.05) is 12.1 Å². The summed E-state index contributed by atoms with van der Waals surface area (Å²) in [4.78, 5) is 9.49. The Morgan fingerprint density at radius 1 is 1.07 bits per heavy atom. The molecule has 10 heteroatoms. The van der Waals surface area contributed by atoms with Gasteiger partial charge in [-0.2, -0.15) is 4.98 Å². The summed E-state index contributed by atoms with van der Waals surface area (Å²) in [5.74, 6) is -0.774. The van der Waals surface area contributed by atoms with Gasteiger partial charge in [0.1, 0.15) is 24.3 Å². The van der Waals surface area contributed by atoms with Crippen molar-refractivity contribution in [2.24, 2.45) is 0 Å². The minimum absolute atomic E-state index is 0.0489. The Balaban J connectivity index is 1.26. The number of phenolic OH excluding ortho intramolecular Hbond substituents is 1. The summed E-state index contributed by atoms with van der Waals surface area (Å²) in [7, 11) is 0. The first-order valence-corrected chi connectivity index (χ1v) is 14.5. The van der Waals surface area contributed by atoms with E-state index in [0.717, 1.165) is 62.6 Å². The van der Waals surface area contributed by atoms with Gasteiger partial charge >= 0.3 is 0 Å². The number of phenols is 1. The number of alkyl halides is 1. The molecule has 2 bridgehead atoms. The Bertz CT molecular complexity index is 1670. The van der Waals surface area contributed by atoms with Crippen LogP contribution >= 0.6 is 0 Å². The number of nitrogens with zero attached hydrogens (tertiary/aromatic N) is 4. The lowest BCUT2D eigenvalue weighted by atomic mass is 9.95. The molecule has 4 saturated heterocycles. The van der Waals surface area contributed by atoms with Gasteiger partial charge in [-0.3, -0.25) is 4.90 Å². The molecule has 41 heavy (non-hydrogen) atoms. The summed E-state index contributed by atoms with van der Waals surface area (Å²) in [5.41, 5.74) is 0.711. The molecule has 8 rings (SSSR count). The lowest BCUT2D eigenvalue weighted by molar-refractivity contribution is 0.111. The van der Waals surface area contributed by atoms with Crippen LogP contribution in [0.3, 0.4) is 0 Å². The number of benzene rings is 2. The van der Waals surface area contributed by atoms with Gasteiger partial charge in [-0.1, -0.05) is 6.07 Å². The monoisotopic (exact) mass is 563 g/mol. The van der Waals surface area contributed by atoms with Gasteiger partial charge in [-0.25, -0.2) is 13.2 Å². The Morgan fingerprint density at radius 3 is 2.73 bits per heavy atom. The molecule has 2 unspecified atom stereocenters. The van der Waals surface area contributed by atoms with Gasteiger partial charge in [0.05, 0.1) is 16.7 Å². The molecule has 4 fully saturated rings. The highest BCUT2D eigenvalue weighted by Crippen LogP contribution is 2.42. The fourth-order valence-corrected chi connectivity index (χ4v) is 7.80. The number of hydrogen-bond acceptors (Lipinski definition) is 6. The van der Waals surface area contributed by atoms with Crippen molar-refractivity contribution in [2.45, 2.75) is 55.9 Å². The lowest BCUT2D eigenvalue weighted by Gasteiger charge is -2.34. The third-order valence-electron chi connectivity index (χ3n) is 9.64. The molecule has 0 aliphatic carbocycles. The molecule has 4 aliphatic heterocycles. The summed E-state index contributed by atoms with van der Waals surface area (Å²) in [5, 5.41) is 15.5. The van der Waals surface area contributed by atoms with E-state index in [1.54, 1.807) is 10.8 Å². The number of aromatic hydroxyl groups is 1. The van der Waals surface area contributed by atoms with E-state index in [0.29, 0.717) is 54.1 Å². The minimum Gasteiger partial charge on any atom is -0.508 e. The maximum atomic E-state index is 15.2. The van der Waals surface area contributed by atoms with Crippen molar-refractivity contribution < 1.29 is 23.0 Å². The van der Waals surface area contributed by atoms with Crippen molar-refractivity contribution in [1.82, 2.24) is 19.8 Å². The topological polar surface area (TPSA) is 65.8 Å². The fraction of sp³-hybridized carbons (Fsp3) is 0.452. The predicted octanol–water partition coefficient (Wildman–Crippen LogP) is 5.06. The smallest absolute Gasteiger partial charge is 0.217 e. The highest BCUT2D eigenvalue weighted by atomic mass is 19.2. The summed E-state index contributed by atoms with van der Waals surface area (Å²) < 4.78 is 52.2. The third-order valence-corrected chi connectivity index (χ3v) is 9.64. The molecule has 4 atom stereocenters. The zero-order valence-corrected chi connectivity index (χ0v) is 22.6. The summed E-state index contributed by atoms with van der Waals surface area (Å²) >= 11 is 0. The fourth-order valence-electron chi connectivity index (χ4n) is 7.80. The van der Waals surface area contributed by atoms with E-state index in [9.17, 15) is 13.9 Å². The molecule has 4 aromatic rings. The van der Waals surface area contributed by atoms with E-state index in [-0.39, 0.29) is 16.7 Å². The number of piperazine rings is 1. The van der Waals surface area contributed by atoms with Gasteiger partial charge in [0.2, 0.25) is 5.88 Å². The molecular weight excluding hydrogens is 531 g/mol. The number of fused-ring (bicyclic) bond motifs is 5. The Kier molecular flexibility index (Phi) is 5.69. The zero-order valence-electron chi connectivity index (χ0n) is 22.6. The first-order chi connectivity index (χ1) is 19.9. The van der Waals surface area contributed by atoms with Crippen LogP contribution in [-0.4, -0.2) is 76.1 Å². The highest BCUT2D eigenvalue weighted by Gasteiger charge is 2.49. The SMILES string of the molecule is Oc1cc(-n2ccc3c(N4CC5CCC(C4)N5)nc(OC[C@@]45CCCN4C[C@H](F)C5)cc32)c2c(F)c(F)ccc2c1. The van der Waals surface area contributed by atoms with Crippen molar-refractivity contribution in [2.75, 3.05) is 37.7 Å². The van der Waals surface area contributed by atoms with Crippen LogP contribution < -0.4 is 15.0 Å². The third kappa shape index (κ3) is 4.06. The van der Waals surface area contributed by atoms with Crippen LogP contribution in [0.1, 0.15) is 32.1 Å². The Morgan fingerprint density at radius 2 is 1.90 bits per heavy atom. The van der Waals surface area contributed by atoms with Crippen molar-refractivity contribution in [3.8, 4) is 17.3 Å². The number of ether oxygens (including phenoxy) is 1. The highest BCUT2D eigenvalue weighted by molar-refractivity contribution is 5.97. The van der Waals surface area contributed by atoms with Crippen molar-refractivity contribution in [3.05, 3.63) is 54.2 Å². The number of hydrogen-bond donors (Lipinski definition) is 2. The number of anilines is 1. The van der Waals surface area contributed by atoms with Crippen LogP contribution in [0.4, 0.5) is 19.0 Å². The summed E-state index contributed by atoms with van der Waals surface area (Å²) in [6, 6.07) is 9.93. The van der Waals surface area contributed by atoms with Crippen LogP contribution in [-0.2, 0) is 0 Å². The molecule has 0 spiro atoms. The van der Waals surface area contributed by atoms with Gasteiger partial charge in [0.15, 0.2) is 11.6 Å². The van der Waals surface area contributed by atoms with Crippen molar-refractivity contribution in [3.63, 3.8) is 0 Å². The summed E-state index contributed by atoms with van der Waals surface area (Å²) in [6.45, 7) is 3.28. The maximum absolute atomic E-state index is 15.2. The van der Waals surface area contributed by atoms with Crippen LogP contribution in [0.5, 0.6) is 11.6 Å². The van der Waals surface area contributed by atoms with E-state index < -0.39 is 17.8 Å². The zero-order chi connectivity index (χ0) is 27.9. The second-order valence-corrected chi connectivity index (χ2v) is 12.2. The van der Waals surface area contributed by atoms with Gasteiger partial charge in [0.25, 0.3) is 0 Å². The average molecular weight is 564 g/mol. The summed E-state index contributed by atoms with van der Waals surface area (Å²) in [6.07, 6.45) is 5.55. The standard InChI is InChI=1S/C31H32F3N5O2/c32-19-13-31(7-1-8-38(31)14-19)17-41-27-12-25-23(30(36-27)37-15-20-3-4-21(16-37)35-20)6-9-39(25)26-11-22(40)10-18-2-5-24(33)29(34)28(18)26/h2,5-6,9-12,19-21,35,40H,1,3-4,7-8,13-17H2/t19-,20?,21?,31+/m1/s1. The Labute approximate surface area is 235 Å². The minimum atomic E-state index is -0.966. The van der Waals surface area contributed by atoms with Crippen molar-refractivity contribution >= 4 is 27.5 Å². The van der Waals surface area contributed by atoms with Gasteiger partial charge in [-0.05, 0) is 55.8 Å².